The molecule has 74 valence electrons. The molecule has 0 radical (unpaired) electrons. The van der Waals surface area contributed by atoms with Crippen molar-refractivity contribution in [3.63, 3.8) is 0 Å². The van der Waals surface area contributed by atoms with Crippen LogP contribution >= 0.6 is 0 Å². The van der Waals surface area contributed by atoms with E-state index in [4.69, 9.17) is 4.74 Å². The summed E-state index contributed by atoms with van der Waals surface area (Å²) in [6, 6.07) is 0. The van der Waals surface area contributed by atoms with Gasteiger partial charge in [-0.15, -0.1) is 0 Å². The third kappa shape index (κ3) is 3.09. The first-order valence-electron chi connectivity index (χ1n) is 4.71. The third-order valence-electron chi connectivity index (χ3n) is 2.03. The van der Waals surface area contributed by atoms with Gasteiger partial charge >= 0.3 is 6.09 Å². The molecule has 0 atom stereocenters. The highest BCUT2D eigenvalue weighted by Crippen LogP contribution is 2.10. The zero-order valence-corrected chi connectivity index (χ0v) is 8.54. The van der Waals surface area contributed by atoms with Crippen molar-refractivity contribution < 1.29 is 9.53 Å². The van der Waals surface area contributed by atoms with E-state index in [1.807, 2.05) is 13.8 Å². The molecule has 1 aliphatic rings. The molecule has 0 spiro atoms. The van der Waals surface area contributed by atoms with Crippen LogP contribution in [0.15, 0.2) is 11.6 Å². The van der Waals surface area contributed by atoms with Gasteiger partial charge in [0.25, 0.3) is 0 Å². The van der Waals surface area contributed by atoms with Gasteiger partial charge in [0.1, 0.15) is 0 Å². The first kappa shape index (κ1) is 10.1. The highest BCUT2D eigenvalue weighted by Gasteiger charge is 2.17. The summed E-state index contributed by atoms with van der Waals surface area (Å²) in [5.74, 6) is 0. The molecule has 0 bridgehead atoms. The Hall–Kier alpha value is -0.990. The smallest absolute Gasteiger partial charge is 0.410 e. The van der Waals surface area contributed by atoms with Crippen LogP contribution in [0.4, 0.5) is 4.79 Å². The summed E-state index contributed by atoms with van der Waals surface area (Å²) < 4.78 is 5.08. The minimum absolute atomic E-state index is 0.0282. The maximum atomic E-state index is 11.4. The lowest BCUT2D eigenvalue weighted by atomic mass is 10.1. The van der Waals surface area contributed by atoms with Crippen LogP contribution in [0, 0.1) is 0 Å². The number of amides is 1. The van der Waals surface area contributed by atoms with E-state index in [0.29, 0.717) is 6.54 Å². The molecule has 1 aliphatic heterocycles. The maximum Gasteiger partial charge on any atom is 0.410 e. The number of hydrogen-bond donors (Lipinski definition) is 0. The maximum absolute atomic E-state index is 11.4. The van der Waals surface area contributed by atoms with Crippen molar-refractivity contribution in [2.45, 2.75) is 33.3 Å². The van der Waals surface area contributed by atoms with Crippen molar-refractivity contribution in [3.8, 4) is 0 Å². The molecule has 0 aliphatic carbocycles. The highest BCUT2D eigenvalue weighted by atomic mass is 16.6. The average molecular weight is 183 g/mol. The van der Waals surface area contributed by atoms with E-state index in [2.05, 4.69) is 13.0 Å². The molecule has 0 aromatic carbocycles. The predicted molar refractivity (Wildman–Crippen MR) is 51.6 cm³/mol. The Kier molecular flexibility index (Phi) is 3.34. The van der Waals surface area contributed by atoms with Crippen molar-refractivity contribution >= 4 is 6.09 Å². The standard InChI is InChI=1S/C10H17NO2/c1-8(2)13-10(12)11-6-4-9(3)5-7-11/h4,8H,5-7H2,1-3H3. The van der Waals surface area contributed by atoms with Crippen molar-refractivity contribution in [3.05, 3.63) is 11.6 Å². The van der Waals surface area contributed by atoms with Crippen LogP contribution in [0.1, 0.15) is 27.2 Å². The fourth-order valence-electron chi connectivity index (χ4n) is 1.21. The van der Waals surface area contributed by atoms with E-state index in [-0.39, 0.29) is 12.2 Å². The molecule has 3 nitrogen and oxygen atoms in total. The Bertz CT molecular complexity index is 221. The average Bonchev–Trinajstić information content (AvgIpc) is 2.04. The second kappa shape index (κ2) is 4.30. The molecule has 0 saturated heterocycles. The van der Waals surface area contributed by atoms with E-state index in [0.717, 1.165) is 13.0 Å². The quantitative estimate of drug-likeness (QED) is 0.583. The zero-order chi connectivity index (χ0) is 9.84. The van der Waals surface area contributed by atoms with Gasteiger partial charge in [0.05, 0.1) is 6.10 Å². The second-order valence-corrected chi connectivity index (χ2v) is 3.68. The molecule has 0 fully saturated rings. The molecule has 0 aromatic rings. The largest absolute Gasteiger partial charge is 0.447 e. The fraction of sp³-hybridized carbons (Fsp3) is 0.700. The van der Waals surface area contributed by atoms with E-state index in [1.54, 1.807) is 4.90 Å². The predicted octanol–water partition coefficient (Wildman–Crippen LogP) is 2.18. The van der Waals surface area contributed by atoms with Crippen LogP contribution in [0.5, 0.6) is 0 Å². The summed E-state index contributed by atoms with van der Waals surface area (Å²) in [6.45, 7) is 7.29. The lowest BCUT2D eigenvalue weighted by Gasteiger charge is -2.25. The molecule has 0 unspecified atom stereocenters. The van der Waals surface area contributed by atoms with Gasteiger partial charge in [0.2, 0.25) is 0 Å². The molecular formula is C10H17NO2. The van der Waals surface area contributed by atoms with Crippen LogP contribution < -0.4 is 0 Å². The summed E-state index contributed by atoms with van der Waals surface area (Å²) in [7, 11) is 0. The SMILES string of the molecule is CC1=CCN(C(=O)OC(C)C)CC1. The topological polar surface area (TPSA) is 29.5 Å². The summed E-state index contributed by atoms with van der Waals surface area (Å²) in [4.78, 5) is 13.1. The van der Waals surface area contributed by atoms with Gasteiger partial charge in [-0.25, -0.2) is 4.79 Å². The summed E-state index contributed by atoms with van der Waals surface area (Å²) in [5, 5.41) is 0. The minimum Gasteiger partial charge on any atom is -0.447 e. The molecule has 0 saturated carbocycles. The Morgan fingerprint density at radius 1 is 1.62 bits per heavy atom. The molecule has 0 N–H and O–H groups in total. The number of carbonyl (C=O) groups excluding carboxylic acids is 1. The number of rotatable bonds is 1. The van der Waals surface area contributed by atoms with Crippen LogP contribution in [0.2, 0.25) is 0 Å². The van der Waals surface area contributed by atoms with E-state index >= 15 is 0 Å². The van der Waals surface area contributed by atoms with Crippen molar-refractivity contribution in [1.29, 1.82) is 0 Å². The van der Waals surface area contributed by atoms with Crippen molar-refractivity contribution in [2.75, 3.05) is 13.1 Å². The van der Waals surface area contributed by atoms with Crippen LogP contribution in [-0.2, 0) is 4.74 Å². The highest BCUT2D eigenvalue weighted by molar-refractivity contribution is 5.68. The lowest BCUT2D eigenvalue weighted by molar-refractivity contribution is 0.0792. The monoisotopic (exact) mass is 183 g/mol. The fourth-order valence-corrected chi connectivity index (χ4v) is 1.21. The Morgan fingerprint density at radius 3 is 2.77 bits per heavy atom. The molecule has 1 amide bonds. The number of nitrogens with zero attached hydrogens (tertiary/aromatic N) is 1. The van der Waals surface area contributed by atoms with Gasteiger partial charge in [0, 0.05) is 13.1 Å². The normalized spacial score (nSPS) is 17.2. The van der Waals surface area contributed by atoms with Crippen LogP contribution in [-0.4, -0.2) is 30.2 Å². The third-order valence-corrected chi connectivity index (χ3v) is 2.03. The van der Waals surface area contributed by atoms with E-state index in [9.17, 15) is 4.79 Å². The number of ether oxygens (including phenoxy) is 1. The van der Waals surface area contributed by atoms with E-state index in [1.165, 1.54) is 5.57 Å². The van der Waals surface area contributed by atoms with Crippen molar-refractivity contribution in [2.24, 2.45) is 0 Å². The minimum atomic E-state index is -0.196. The van der Waals surface area contributed by atoms with Gasteiger partial charge < -0.3 is 9.64 Å². The second-order valence-electron chi connectivity index (χ2n) is 3.68. The summed E-state index contributed by atoms with van der Waals surface area (Å²) in [5.41, 5.74) is 1.36. The lowest BCUT2D eigenvalue weighted by Crippen LogP contribution is -2.36. The van der Waals surface area contributed by atoms with Crippen molar-refractivity contribution in [1.82, 2.24) is 4.90 Å². The van der Waals surface area contributed by atoms with Gasteiger partial charge in [-0.2, -0.15) is 0 Å². The molecule has 1 heterocycles. The first-order chi connectivity index (χ1) is 6.09. The summed E-state index contributed by atoms with van der Waals surface area (Å²) >= 11 is 0. The van der Waals surface area contributed by atoms with Gasteiger partial charge in [-0.3, -0.25) is 0 Å². The molecular weight excluding hydrogens is 166 g/mol. The van der Waals surface area contributed by atoms with Gasteiger partial charge in [-0.1, -0.05) is 11.6 Å². The zero-order valence-electron chi connectivity index (χ0n) is 8.54. The van der Waals surface area contributed by atoms with E-state index < -0.39 is 0 Å². The summed E-state index contributed by atoms with van der Waals surface area (Å²) in [6.07, 6.45) is 2.82. The van der Waals surface area contributed by atoms with Crippen LogP contribution in [0.3, 0.4) is 0 Å². The Balaban J connectivity index is 2.41. The number of carbonyl (C=O) groups is 1. The first-order valence-corrected chi connectivity index (χ1v) is 4.71. The molecule has 1 rings (SSSR count). The molecule has 13 heavy (non-hydrogen) atoms. The van der Waals surface area contributed by atoms with Crippen LogP contribution in [0.25, 0.3) is 0 Å². The Morgan fingerprint density at radius 2 is 2.31 bits per heavy atom. The Labute approximate surface area is 79.4 Å². The molecule has 3 heteroatoms. The number of hydrogen-bond acceptors (Lipinski definition) is 2. The van der Waals surface area contributed by atoms with Gasteiger partial charge in [0.15, 0.2) is 0 Å². The van der Waals surface area contributed by atoms with Gasteiger partial charge in [-0.05, 0) is 27.2 Å². The molecule has 0 aromatic heterocycles.